The van der Waals surface area contributed by atoms with Crippen LogP contribution >= 0.6 is 11.6 Å². The molecular formula is C28H35ClFN3O2. The first-order valence-corrected chi connectivity index (χ1v) is 13.3. The number of methoxy groups -OCH3 is 1. The number of piperazine rings is 1. The molecule has 0 bridgehead atoms. The van der Waals surface area contributed by atoms with Crippen molar-refractivity contribution in [1.29, 1.82) is 0 Å². The van der Waals surface area contributed by atoms with Gasteiger partial charge in [0, 0.05) is 61.5 Å². The van der Waals surface area contributed by atoms with Crippen molar-refractivity contribution in [1.82, 2.24) is 4.90 Å². The lowest BCUT2D eigenvalue weighted by molar-refractivity contribution is -0.124. The quantitative estimate of drug-likeness (QED) is 0.541. The fourth-order valence-electron chi connectivity index (χ4n) is 6.02. The van der Waals surface area contributed by atoms with Crippen LogP contribution in [-0.4, -0.2) is 56.7 Å². The fraction of sp³-hybridized carbons (Fsp3) is 0.536. The van der Waals surface area contributed by atoms with Crippen LogP contribution in [0.3, 0.4) is 0 Å². The molecule has 2 aromatic rings. The molecule has 188 valence electrons. The van der Waals surface area contributed by atoms with E-state index >= 15 is 0 Å². The van der Waals surface area contributed by atoms with Crippen molar-refractivity contribution in [2.24, 2.45) is 5.92 Å². The van der Waals surface area contributed by atoms with Gasteiger partial charge in [0.25, 0.3) is 0 Å². The number of benzene rings is 2. The molecule has 35 heavy (non-hydrogen) atoms. The maximum atomic E-state index is 13.8. The van der Waals surface area contributed by atoms with E-state index in [1.165, 1.54) is 24.1 Å². The van der Waals surface area contributed by atoms with Crippen molar-refractivity contribution in [3.8, 4) is 5.75 Å². The van der Waals surface area contributed by atoms with Gasteiger partial charge in [0.15, 0.2) is 0 Å². The summed E-state index contributed by atoms with van der Waals surface area (Å²) in [6, 6.07) is 10.9. The minimum atomic E-state index is -0.287. The normalized spacial score (nSPS) is 21.6. The zero-order valence-corrected chi connectivity index (χ0v) is 21.3. The largest absolute Gasteiger partial charge is 0.494 e. The standard InChI is InChI=1S/C28H35ClFN3O2/c1-35-27-18-23(30)10-12-25(27)32-15-13-31(14-16-32)19-24-11-8-20-7-9-22(29)17-26(20)33(24)28(34)21-5-3-2-4-6-21/h7,9-10,12,17-18,21,24H,2-6,8,11,13-16,19H2,1H3. The SMILES string of the molecule is COc1cc(F)ccc1N1CCN(CC2CCc3ccc(Cl)cc3N2C(=O)C2CCCCC2)CC1. The van der Waals surface area contributed by atoms with Gasteiger partial charge in [-0.3, -0.25) is 9.69 Å². The number of anilines is 2. The van der Waals surface area contributed by atoms with E-state index in [9.17, 15) is 9.18 Å². The average Bonchev–Trinajstić information content (AvgIpc) is 2.89. The molecule has 2 aliphatic heterocycles. The number of rotatable bonds is 5. The van der Waals surface area contributed by atoms with Gasteiger partial charge in [-0.15, -0.1) is 0 Å². The number of fused-ring (bicyclic) bond motifs is 1. The summed E-state index contributed by atoms with van der Waals surface area (Å²) in [6.07, 6.45) is 7.46. The molecule has 0 radical (unpaired) electrons. The van der Waals surface area contributed by atoms with Gasteiger partial charge in [-0.25, -0.2) is 4.39 Å². The van der Waals surface area contributed by atoms with Crippen molar-refractivity contribution in [3.05, 3.63) is 52.8 Å². The number of carbonyl (C=O) groups is 1. The summed E-state index contributed by atoms with van der Waals surface area (Å²) in [5, 5.41) is 0.688. The Morgan fingerprint density at radius 1 is 1.00 bits per heavy atom. The van der Waals surface area contributed by atoms with Crippen LogP contribution < -0.4 is 14.5 Å². The van der Waals surface area contributed by atoms with Crippen LogP contribution in [0.2, 0.25) is 5.02 Å². The van der Waals surface area contributed by atoms with E-state index in [2.05, 4.69) is 20.8 Å². The number of halogens is 2. The van der Waals surface area contributed by atoms with Crippen LogP contribution in [0.25, 0.3) is 0 Å². The van der Waals surface area contributed by atoms with Crippen LogP contribution in [0.5, 0.6) is 5.75 Å². The lowest BCUT2D eigenvalue weighted by Gasteiger charge is -2.44. The van der Waals surface area contributed by atoms with Gasteiger partial charge in [-0.2, -0.15) is 0 Å². The Bertz CT molecular complexity index is 1050. The number of aryl methyl sites for hydroxylation is 1. The topological polar surface area (TPSA) is 36.0 Å². The van der Waals surface area contributed by atoms with E-state index in [0.29, 0.717) is 10.8 Å². The molecule has 1 saturated carbocycles. The third kappa shape index (κ3) is 5.29. The zero-order valence-electron chi connectivity index (χ0n) is 20.5. The first-order chi connectivity index (χ1) is 17.0. The molecule has 7 heteroatoms. The molecule has 2 aromatic carbocycles. The summed E-state index contributed by atoms with van der Waals surface area (Å²) < 4.78 is 19.1. The van der Waals surface area contributed by atoms with Crippen LogP contribution in [0.4, 0.5) is 15.8 Å². The Morgan fingerprint density at radius 2 is 1.77 bits per heavy atom. The highest BCUT2D eigenvalue weighted by Gasteiger charge is 2.36. The van der Waals surface area contributed by atoms with E-state index in [1.807, 2.05) is 12.1 Å². The van der Waals surface area contributed by atoms with Crippen molar-refractivity contribution in [3.63, 3.8) is 0 Å². The Kier molecular flexibility index (Phi) is 7.49. The molecule has 2 heterocycles. The Hall–Kier alpha value is -2.31. The summed E-state index contributed by atoms with van der Waals surface area (Å²) >= 11 is 6.39. The van der Waals surface area contributed by atoms with E-state index in [1.54, 1.807) is 13.2 Å². The molecule has 5 nitrogen and oxygen atoms in total. The van der Waals surface area contributed by atoms with Gasteiger partial charge in [0.2, 0.25) is 5.91 Å². The number of hydrogen-bond acceptors (Lipinski definition) is 4. The molecule has 1 aliphatic carbocycles. The Balaban J connectivity index is 1.30. The summed E-state index contributed by atoms with van der Waals surface area (Å²) in [5.41, 5.74) is 3.17. The van der Waals surface area contributed by atoms with Crippen LogP contribution in [-0.2, 0) is 11.2 Å². The number of hydrogen-bond donors (Lipinski definition) is 0. The summed E-state index contributed by atoms with van der Waals surface area (Å²) in [4.78, 5) is 20.7. The minimum Gasteiger partial charge on any atom is -0.494 e. The molecule has 1 amide bonds. The van der Waals surface area contributed by atoms with Gasteiger partial charge in [-0.05, 0) is 55.5 Å². The van der Waals surface area contributed by atoms with Crippen LogP contribution in [0.1, 0.15) is 44.1 Å². The first-order valence-electron chi connectivity index (χ1n) is 13.0. The molecule has 0 aromatic heterocycles. The highest BCUT2D eigenvalue weighted by molar-refractivity contribution is 6.31. The molecule has 1 atom stereocenters. The predicted molar refractivity (Wildman–Crippen MR) is 139 cm³/mol. The van der Waals surface area contributed by atoms with Gasteiger partial charge < -0.3 is 14.5 Å². The van der Waals surface area contributed by atoms with Crippen molar-refractivity contribution >= 4 is 28.9 Å². The highest BCUT2D eigenvalue weighted by atomic mass is 35.5. The summed E-state index contributed by atoms with van der Waals surface area (Å²) in [6.45, 7) is 4.33. The molecule has 0 spiro atoms. The minimum absolute atomic E-state index is 0.124. The third-order valence-corrected chi connectivity index (χ3v) is 8.17. The van der Waals surface area contributed by atoms with Crippen molar-refractivity contribution in [2.75, 3.05) is 49.6 Å². The first kappa shape index (κ1) is 24.4. The van der Waals surface area contributed by atoms with Crippen LogP contribution in [0, 0.1) is 11.7 Å². The van der Waals surface area contributed by atoms with Crippen LogP contribution in [0.15, 0.2) is 36.4 Å². The second kappa shape index (κ2) is 10.8. The Labute approximate surface area is 212 Å². The summed E-state index contributed by atoms with van der Waals surface area (Å²) in [5.74, 6) is 0.694. The maximum absolute atomic E-state index is 13.8. The summed E-state index contributed by atoms with van der Waals surface area (Å²) in [7, 11) is 1.58. The monoisotopic (exact) mass is 499 g/mol. The molecule has 1 saturated heterocycles. The highest BCUT2D eigenvalue weighted by Crippen LogP contribution is 2.37. The van der Waals surface area contributed by atoms with E-state index in [4.69, 9.17) is 16.3 Å². The third-order valence-electron chi connectivity index (χ3n) is 7.93. The second-order valence-electron chi connectivity index (χ2n) is 10.1. The molecule has 2 fully saturated rings. The Morgan fingerprint density at radius 3 is 2.51 bits per heavy atom. The smallest absolute Gasteiger partial charge is 0.230 e. The lowest BCUT2D eigenvalue weighted by Crippen LogP contribution is -2.55. The molecule has 3 aliphatic rings. The van der Waals surface area contributed by atoms with E-state index in [0.717, 1.165) is 82.6 Å². The molecule has 1 unspecified atom stereocenters. The van der Waals surface area contributed by atoms with Gasteiger partial charge in [0.1, 0.15) is 11.6 Å². The molecular weight excluding hydrogens is 465 g/mol. The van der Waals surface area contributed by atoms with Gasteiger partial charge in [-0.1, -0.05) is 36.9 Å². The maximum Gasteiger partial charge on any atom is 0.230 e. The zero-order chi connectivity index (χ0) is 24.4. The molecule has 0 N–H and O–H groups in total. The number of ether oxygens (including phenoxy) is 1. The van der Waals surface area contributed by atoms with Gasteiger partial charge in [0.05, 0.1) is 12.8 Å². The van der Waals surface area contributed by atoms with E-state index < -0.39 is 0 Å². The van der Waals surface area contributed by atoms with E-state index in [-0.39, 0.29) is 23.7 Å². The molecule has 5 rings (SSSR count). The number of nitrogens with zero attached hydrogens (tertiary/aromatic N) is 3. The second-order valence-corrected chi connectivity index (χ2v) is 10.5. The number of amides is 1. The van der Waals surface area contributed by atoms with Crippen molar-refractivity contribution < 1.29 is 13.9 Å². The van der Waals surface area contributed by atoms with Crippen molar-refractivity contribution in [2.45, 2.75) is 51.0 Å². The van der Waals surface area contributed by atoms with Gasteiger partial charge >= 0.3 is 0 Å². The predicted octanol–water partition coefficient (Wildman–Crippen LogP) is 5.54. The fourth-order valence-corrected chi connectivity index (χ4v) is 6.19. The number of carbonyl (C=O) groups excluding carboxylic acids is 1. The lowest BCUT2D eigenvalue weighted by atomic mass is 9.86. The average molecular weight is 500 g/mol.